The van der Waals surface area contributed by atoms with Crippen LogP contribution in [0.4, 0.5) is 0 Å². The van der Waals surface area contributed by atoms with Gasteiger partial charge in [-0.1, -0.05) is 12.1 Å². The molecule has 1 N–H and O–H groups in total. The van der Waals surface area contributed by atoms with Gasteiger partial charge in [0, 0.05) is 31.7 Å². The lowest BCUT2D eigenvalue weighted by atomic mass is 9.78. The van der Waals surface area contributed by atoms with Crippen LogP contribution in [0.25, 0.3) is 0 Å². The number of amides is 2. The van der Waals surface area contributed by atoms with Crippen molar-refractivity contribution in [1.29, 1.82) is 0 Å². The minimum absolute atomic E-state index is 0.0243. The second-order valence-corrected chi connectivity index (χ2v) is 8.68. The fourth-order valence-electron chi connectivity index (χ4n) is 4.94. The monoisotopic (exact) mass is 402 g/mol. The first kappa shape index (κ1) is 20.0. The van der Waals surface area contributed by atoms with Gasteiger partial charge in [-0.2, -0.15) is 0 Å². The van der Waals surface area contributed by atoms with Crippen molar-refractivity contribution in [3.8, 4) is 11.5 Å². The van der Waals surface area contributed by atoms with Crippen LogP contribution in [0.3, 0.4) is 0 Å². The number of carbonyl (C=O) groups excluding carboxylic acids is 2. The Hall–Kier alpha value is -2.28. The standard InChI is InChI=1S/C22H30N2O5/c1-28-17-6-3-5-16(18(17)29-2)13-23-11-4-7-21(19(23)26)10-12-24(14-21)20(27)22(15-25)8-9-22/h3,5-6,25H,4,7-15H2,1-2H3/t21-/m1/s1. The second kappa shape index (κ2) is 7.52. The zero-order valence-electron chi connectivity index (χ0n) is 17.3. The SMILES string of the molecule is COc1cccc(CN2CCC[C@]3(CCN(C(=O)C4(CO)CC4)C3)C2=O)c1OC. The third-order valence-corrected chi connectivity index (χ3v) is 6.92. The van der Waals surface area contributed by atoms with Crippen molar-refractivity contribution >= 4 is 11.8 Å². The van der Waals surface area contributed by atoms with E-state index in [0.717, 1.165) is 31.2 Å². The molecule has 2 aliphatic heterocycles. The number of piperidine rings is 1. The van der Waals surface area contributed by atoms with E-state index in [-0.39, 0.29) is 18.4 Å². The summed E-state index contributed by atoms with van der Waals surface area (Å²) < 4.78 is 10.9. The van der Waals surface area contributed by atoms with Gasteiger partial charge in [0.05, 0.1) is 31.7 Å². The molecule has 2 saturated heterocycles. The lowest BCUT2D eigenvalue weighted by Crippen LogP contribution is -2.50. The number of nitrogens with zero attached hydrogens (tertiary/aromatic N) is 2. The topological polar surface area (TPSA) is 79.3 Å². The zero-order valence-corrected chi connectivity index (χ0v) is 17.3. The lowest BCUT2D eigenvalue weighted by Gasteiger charge is -2.39. The van der Waals surface area contributed by atoms with E-state index in [1.54, 1.807) is 14.2 Å². The normalized spacial score (nSPS) is 25.4. The third kappa shape index (κ3) is 3.35. The van der Waals surface area contributed by atoms with Gasteiger partial charge in [0.1, 0.15) is 0 Å². The predicted molar refractivity (Wildman–Crippen MR) is 107 cm³/mol. The maximum absolute atomic E-state index is 13.5. The number of benzene rings is 1. The number of aliphatic hydroxyl groups excluding tert-OH is 1. The summed E-state index contributed by atoms with van der Waals surface area (Å²) in [6, 6.07) is 5.70. The number of methoxy groups -OCH3 is 2. The van der Waals surface area contributed by atoms with Gasteiger partial charge in [0.15, 0.2) is 11.5 Å². The van der Waals surface area contributed by atoms with Gasteiger partial charge in [-0.3, -0.25) is 9.59 Å². The van der Waals surface area contributed by atoms with E-state index in [2.05, 4.69) is 0 Å². The van der Waals surface area contributed by atoms with Crippen LogP contribution in [0.1, 0.15) is 37.7 Å². The molecule has 7 heteroatoms. The van der Waals surface area contributed by atoms with Crippen molar-refractivity contribution in [2.45, 2.75) is 38.6 Å². The molecule has 3 aliphatic rings. The van der Waals surface area contributed by atoms with Gasteiger partial charge >= 0.3 is 0 Å². The first-order valence-corrected chi connectivity index (χ1v) is 10.4. The summed E-state index contributed by atoms with van der Waals surface area (Å²) in [4.78, 5) is 30.0. The number of aliphatic hydroxyl groups is 1. The molecule has 0 radical (unpaired) electrons. The van der Waals surface area contributed by atoms with Crippen LogP contribution in [0.5, 0.6) is 11.5 Å². The number of carbonyl (C=O) groups is 2. The Labute approximate surface area is 171 Å². The maximum Gasteiger partial charge on any atom is 0.231 e. The van der Waals surface area contributed by atoms with Crippen molar-refractivity contribution in [2.75, 3.05) is 40.5 Å². The first-order valence-electron chi connectivity index (χ1n) is 10.4. The van der Waals surface area contributed by atoms with Crippen molar-refractivity contribution in [3.05, 3.63) is 23.8 Å². The maximum atomic E-state index is 13.5. The lowest BCUT2D eigenvalue weighted by molar-refractivity contribution is -0.147. The third-order valence-electron chi connectivity index (χ3n) is 6.92. The summed E-state index contributed by atoms with van der Waals surface area (Å²) in [7, 11) is 3.21. The molecule has 1 aromatic rings. The fourth-order valence-corrected chi connectivity index (χ4v) is 4.94. The molecular formula is C22H30N2O5. The van der Waals surface area contributed by atoms with E-state index in [4.69, 9.17) is 9.47 Å². The van der Waals surface area contributed by atoms with Crippen molar-refractivity contribution in [3.63, 3.8) is 0 Å². The summed E-state index contributed by atoms with van der Waals surface area (Å²) in [6.07, 6.45) is 3.94. The highest BCUT2D eigenvalue weighted by Gasteiger charge is 2.56. The van der Waals surface area contributed by atoms with Crippen LogP contribution in [-0.4, -0.2) is 67.2 Å². The van der Waals surface area contributed by atoms with E-state index in [9.17, 15) is 14.7 Å². The number of para-hydroxylation sites is 1. The molecule has 1 saturated carbocycles. The van der Waals surface area contributed by atoms with Crippen molar-refractivity contribution in [2.24, 2.45) is 10.8 Å². The molecule has 1 aromatic carbocycles. The molecule has 7 nitrogen and oxygen atoms in total. The Balaban J connectivity index is 1.50. The number of likely N-dealkylation sites (tertiary alicyclic amines) is 2. The Morgan fingerprint density at radius 2 is 1.93 bits per heavy atom. The fraction of sp³-hybridized carbons (Fsp3) is 0.636. The van der Waals surface area contributed by atoms with Crippen molar-refractivity contribution in [1.82, 2.24) is 9.80 Å². The number of hydrogen-bond donors (Lipinski definition) is 1. The average molecular weight is 402 g/mol. The van der Waals surface area contributed by atoms with Gasteiger partial charge in [-0.15, -0.1) is 0 Å². The first-order chi connectivity index (χ1) is 14.0. The number of ether oxygens (including phenoxy) is 2. The van der Waals surface area contributed by atoms with E-state index >= 15 is 0 Å². The molecule has 0 aromatic heterocycles. The molecule has 3 fully saturated rings. The summed E-state index contributed by atoms with van der Waals surface area (Å²) in [6.45, 7) is 2.15. The predicted octanol–water partition coefficient (Wildman–Crippen LogP) is 1.82. The molecule has 158 valence electrons. The summed E-state index contributed by atoms with van der Waals surface area (Å²) in [5, 5.41) is 9.59. The van der Waals surface area contributed by atoms with Gasteiger partial charge in [-0.05, 0) is 38.2 Å². The molecule has 1 spiro atoms. The van der Waals surface area contributed by atoms with Crippen LogP contribution in [-0.2, 0) is 16.1 Å². The second-order valence-electron chi connectivity index (χ2n) is 8.68. The quantitative estimate of drug-likeness (QED) is 0.785. The Kier molecular flexibility index (Phi) is 5.19. The number of hydrogen-bond acceptors (Lipinski definition) is 5. The van der Waals surface area contributed by atoms with E-state index in [0.29, 0.717) is 44.1 Å². The summed E-state index contributed by atoms with van der Waals surface area (Å²) in [5.74, 6) is 1.46. The molecule has 4 rings (SSSR count). The molecule has 1 atom stereocenters. The zero-order chi connectivity index (χ0) is 20.6. The largest absolute Gasteiger partial charge is 0.493 e. The van der Waals surface area contributed by atoms with Gasteiger partial charge < -0.3 is 24.4 Å². The van der Waals surface area contributed by atoms with Gasteiger partial charge in [0.2, 0.25) is 11.8 Å². The number of rotatable bonds is 6. The van der Waals surface area contributed by atoms with Crippen molar-refractivity contribution < 1.29 is 24.2 Å². The van der Waals surface area contributed by atoms with Gasteiger partial charge in [0.25, 0.3) is 0 Å². The molecule has 0 bridgehead atoms. The van der Waals surface area contributed by atoms with E-state index < -0.39 is 10.8 Å². The molecule has 0 unspecified atom stereocenters. The molecular weight excluding hydrogens is 372 g/mol. The average Bonchev–Trinajstić information content (AvgIpc) is 3.44. The van der Waals surface area contributed by atoms with E-state index in [1.165, 1.54) is 0 Å². The van der Waals surface area contributed by atoms with Crippen LogP contribution in [0.2, 0.25) is 0 Å². The Bertz CT molecular complexity index is 806. The summed E-state index contributed by atoms with van der Waals surface area (Å²) >= 11 is 0. The summed E-state index contributed by atoms with van der Waals surface area (Å²) in [5.41, 5.74) is -0.150. The van der Waals surface area contributed by atoms with Gasteiger partial charge in [-0.25, -0.2) is 0 Å². The Morgan fingerprint density at radius 3 is 2.59 bits per heavy atom. The molecule has 2 heterocycles. The smallest absolute Gasteiger partial charge is 0.231 e. The van der Waals surface area contributed by atoms with Crippen LogP contribution >= 0.6 is 0 Å². The Morgan fingerprint density at radius 1 is 1.14 bits per heavy atom. The minimum atomic E-state index is -0.573. The highest BCUT2D eigenvalue weighted by molar-refractivity contribution is 5.89. The highest BCUT2D eigenvalue weighted by Crippen LogP contribution is 2.49. The van der Waals surface area contributed by atoms with E-state index in [1.807, 2.05) is 28.0 Å². The molecule has 29 heavy (non-hydrogen) atoms. The highest BCUT2D eigenvalue weighted by atomic mass is 16.5. The van der Waals surface area contributed by atoms with Crippen LogP contribution < -0.4 is 9.47 Å². The van der Waals surface area contributed by atoms with Crippen LogP contribution in [0.15, 0.2) is 18.2 Å². The molecule has 1 aliphatic carbocycles. The van der Waals surface area contributed by atoms with Crippen LogP contribution in [0, 0.1) is 10.8 Å². The minimum Gasteiger partial charge on any atom is -0.493 e. The molecule has 2 amide bonds.